The summed E-state index contributed by atoms with van der Waals surface area (Å²) in [6.45, 7) is 4.35. The second-order valence-electron chi connectivity index (χ2n) is 1.99. The zero-order valence-corrected chi connectivity index (χ0v) is 8.50. The van der Waals surface area contributed by atoms with Crippen molar-refractivity contribution in [3.63, 3.8) is 0 Å². The van der Waals surface area contributed by atoms with Crippen molar-refractivity contribution in [2.45, 2.75) is 13.8 Å². The molecule has 0 rings (SSSR count). The second-order valence-corrected chi connectivity index (χ2v) is 2.91. The molecular formula is C7H11Cl2N3. The Labute approximate surface area is 82.0 Å². The fourth-order valence-electron chi connectivity index (χ4n) is 0.635. The van der Waals surface area contributed by atoms with Gasteiger partial charge in [0.25, 0.3) is 0 Å². The average molecular weight is 208 g/mol. The Morgan fingerprint density at radius 3 is 2.50 bits per heavy atom. The predicted molar refractivity (Wildman–Crippen MR) is 54.3 cm³/mol. The molecular weight excluding hydrogens is 197 g/mol. The van der Waals surface area contributed by atoms with Crippen LogP contribution in [0.3, 0.4) is 0 Å². The third-order valence-electron chi connectivity index (χ3n) is 1.08. The van der Waals surface area contributed by atoms with Crippen molar-refractivity contribution in [1.82, 2.24) is 5.32 Å². The lowest BCUT2D eigenvalue weighted by molar-refractivity contribution is 0.888. The number of allylic oxidation sites excluding steroid dienone is 2. The standard InChI is InChI=1S/C7H11Cl2N3/c1-3-11-6(5(2)8)7(9)12-4-10/h4,10-11H,3H2,1-2H3/b6-5-,10-4?,12-7?. The highest BCUT2D eigenvalue weighted by atomic mass is 35.5. The average Bonchev–Trinajstić information content (AvgIpc) is 1.99. The Morgan fingerprint density at radius 2 is 2.17 bits per heavy atom. The van der Waals surface area contributed by atoms with E-state index < -0.39 is 0 Å². The minimum absolute atomic E-state index is 0.208. The summed E-state index contributed by atoms with van der Waals surface area (Å²) in [5, 5.41) is 10.4. The van der Waals surface area contributed by atoms with Crippen molar-refractivity contribution in [1.29, 1.82) is 5.41 Å². The van der Waals surface area contributed by atoms with Gasteiger partial charge in [0, 0.05) is 11.6 Å². The van der Waals surface area contributed by atoms with E-state index in [0.717, 1.165) is 6.34 Å². The van der Waals surface area contributed by atoms with Gasteiger partial charge in [0.2, 0.25) is 0 Å². The molecule has 68 valence electrons. The molecule has 0 saturated carbocycles. The summed E-state index contributed by atoms with van der Waals surface area (Å²) < 4.78 is 0. The second kappa shape index (κ2) is 6.03. The maximum absolute atomic E-state index is 6.71. The zero-order valence-electron chi connectivity index (χ0n) is 6.99. The predicted octanol–water partition coefficient (Wildman–Crippen LogP) is 2.31. The van der Waals surface area contributed by atoms with Crippen LogP contribution in [0.5, 0.6) is 0 Å². The number of nitrogens with zero attached hydrogens (tertiary/aromatic N) is 1. The van der Waals surface area contributed by atoms with E-state index in [1.54, 1.807) is 6.92 Å². The minimum atomic E-state index is 0.208. The van der Waals surface area contributed by atoms with Crippen LogP contribution in [0.15, 0.2) is 15.7 Å². The maximum Gasteiger partial charge on any atom is 0.155 e. The lowest BCUT2D eigenvalue weighted by Gasteiger charge is -2.06. The molecule has 0 spiro atoms. The lowest BCUT2D eigenvalue weighted by Crippen LogP contribution is -2.18. The molecule has 0 unspecified atom stereocenters. The van der Waals surface area contributed by atoms with Gasteiger partial charge >= 0.3 is 0 Å². The Hall–Kier alpha value is -0.540. The van der Waals surface area contributed by atoms with Gasteiger partial charge in [0.15, 0.2) is 5.17 Å². The van der Waals surface area contributed by atoms with Gasteiger partial charge in [-0.3, -0.25) is 5.41 Å². The molecule has 12 heavy (non-hydrogen) atoms. The summed E-state index contributed by atoms with van der Waals surface area (Å²) in [6, 6.07) is 0. The molecule has 0 amide bonds. The van der Waals surface area contributed by atoms with E-state index >= 15 is 0 Å². The third-order valence-corrected chi connectivity index (χ3v) is 1.56. The maximum atomic E-state index is 6.71. The first-order valence-electron chi connectivity index (χ1n) is 3.46. The number of nitrogens with one attached hydrogen (secondary N) is 2. The van der Waals surface area contributed by atoms with Crippen LogP contribution in [0.2, 0.25) is 0 Å². The summed E-state index contributed by atoms with van der Waals surface area (Å²) in [7, 11) is 0. The fraction of sp³-hybridized carbons (Fsp3) is 0.429. The van der Waals surface area contributed by atoms with Gasteiger partial charge < -0.3 is 5.32 Å². The molecule has 0 aliphatic carbocycles. The van der Waals surface area contributed by atoms with Crippen molar-refractivity contribution in [2.75, 3.05) is 6.54 Å². The largest absolute Gasteiger partial charge is 0.382 e. The third kappa shape index (κ3) is 3.74. The summed E-state index contributed by atoms with van der Waals surface area (Å²) in [4.78, 5) is 3.58. The number of hydrogen-bond acceptors (Lipinski definition) is 2. The highest BCUT2D eigenvalue weighted by Crippen LogP contribution is 2.09. The van der Waals surface area contributed by atoms with Crippen LogP contribution in [0.1, 0.15) is 13.8 Å². The van der Waals surface area contributed by atoms with Gasteiger partial charge in [-0.15, -0.1) is 0 Å². The molecule has 0 saturated heterocycles. The molecule has 5 heteroatoms. The quantitative estimate of drug-likeness (QED) is 0.540. The Balaban J connectivity index is 4.64. The van der Waals surface area contributed by atoms with Crippen LogP contribution in [0, 0.1) is 5.41 Å². The number of aliphatic imine (C=N–C) groups is 1. The Kier molecular flexibility index (Phi) is 5.76. The van der Waals surface area contributed by atoms with E-state index in [4.69, 9.17) is 28.6 Å². The molecule has 0 aromatic rings. The molecule has 0 aliphatic heterocycles. The SMILES string of the molecule is CCN/C(C(Cl)=NC=N)=C(/C)Cl. The highest BCUT2D eigenvalue weighted by Gasteiger charge is 2.04. The molecule has 0 radical (unpaired) electrons. The molecule has 0 bridgehead atoms. The van der Waals surface area contributed by atoms with Crippen LogP contribution in [0.25, 0.3) is 0 Å². The lowest BCUT2D eigenvalue weighted by atomic mass is 10.4. The smallest absolute Gasteiger partial charge is 0.155 e. The van der Waals surface area contributed by atoms with Crippen molar-refractivity contribution >= 4 is 34.7 Å². The van der Waals surface area contributed by atoms with E-state index in [2.05, 4.69) is 10.3 Å². The molecule has 0 fully saturated rings. The molecule has 3 nitrogen and oxygen atoms in total. The molecule has 0 atom stereocenters. The van der Waals surface area contributed by atoms with Gasteiger partial charge in [-0.05, 0) is 13.8 Å². The first kappa shape index (κ1) is 11.5. The minimum Gasteiger partial charge on any atom is -0.382 e. The number of halogens is 2. The van der Waals surface area contributed by atoms with Gasteiger partial charge in [-0.1, -0.05) is 23.2 Å². The fourth-order valence-corrected chi connectivity index (χ4v) is 1.10. The molecule has 2 N–H and O–H groups in total. The van der Waals surface area contributed by atoms with Crippen LogP contribution < -0.4 is 5.32 Å². The van der Waals surface area contributed by atoms with Crippen molar-refractivity contribution in [3.8, 4) is 0 Å². The summed E-state index contributed by atoms with van der Waals surface area (Å²) >= 11 is 11.4. The van der Waals surface area contributed by atoms with E-state index in [-0.39, 0.29) is 5.17 Å². The van der Waals surface area contributed by atoms with Crippen LogP contribution >= 0.6 is 23.2 Å². The van der Waals surface area contributed by atoms with Gasteiger partial charge in [-0.2, -0.15) is 0 Å². The van der Waals surface area contributed by atoms with Crippen LogP contribution in [0.4, 0.5) is 0 Å². The molecule has 0 aliphatic rings. The Bertz CT molecular complexity index is 217. The van der Waals surface area contributed by atoms with E-state index in [9.17, 15) is 0 Å². The summed E-state index contributed by atoms with van der Waals surface area (Å²) in [5.74, 6) is 0. The van der Waals surface area contributed by atoms with E-state index in [0.29, 0.717) is 17.3 Å². The topological polar surface area (TPSA) is 48.2 Å². The number of hydrogen-bond donors (Lipinski definition) is 2. The van der Waals surface area contributed by atoms with E-state index in [1.807, 2.05) is 6.92 Å². The first-order chi connectivity index (χ1) is 5.63. The van der Waals surface area contributed by atoms with Crippen molar-refractivity contribution in [3.05, 3.63) is 10.7 Å². The molecule has 0 aromatic carbocycles. The van der Waals surface area contributed by atoms with Crippen molar-refractivity contribution in [2.24, 2.45) is 4.99 Å². The Morgan fingerprint density at radius 1 is 1.58 bits per heavy atom. The highest BCUT2D eigenvalue weighted by molar-refractivity contribution is 6.70. The van der Waals surface area contributed by atoms with Crippen LogP contribution in [-0.2, 0) is 0 Å². The molecule has 0 aromatic heterocycles. The van der Waals surface area contributed by atoms with Gasteiger partial charge in [-0.25, -0.2) is 4.99 Å². The number of rotatable bonds is 4. The normalized spacial score (nSPS) is 13.8. The molecule has 0 heterocycles. The van der Waals surface area contributed by atoms with Gasteiger partial charge in [0.1, 0.15) is 6.34 Å². The van der Waals surface area contributed by atoms with E-state index in [1.165, 1.54) is 0 Å². The van der Waals surface area contributed by atoms with Gasteiger partial charge in [0.05, 0.1) is 5.70 Å². The monoisotopic (exact) mass is 207 g/mol. The first-order valence-corrected chi connectivity index (χ1v) is 4.22. The zero-order chi connectivity index (χ0) is 9.56. The van der Waals surface area contributed by atoms with Crippen LogP contribution in [-0.4, -0.2) is 18.1 Å². The summed E-state index contributed by atoms with van der Waals surface area (Å²) in [5.41, 5.74) is 0.573. The van der Waals surface area contributed by atoms with Crippen molar-refractivity contribution < 1.29 is 0 Å². The summed E-state index contributed by atoms with van der Waals surface area (Å²) in [6.07, 6.45) is 0.875.